The number of ether oxygens (including phenoxy) is 1. The Hall–Kier alpha value is -3.14. The summed E-state index contributed by atoms with van der Waals surface area (Å²) in [4.78, 5) is 16.1. The molecular formula is C22H22N2O2. The van der Waals surface area contributed by atoms with Crippen molar-refractivity contribution in [3.05, 3.63) is 89.7 Å². The van der Waals surface area contributed by atoms with Gasteiger partial charge in [-0.05, 0) is 53.4 Å². The maximum atomic E-state index is 12.1. The summed E-state index contributed by atoms with van der Waals surface area (Å²) >= 11 is 0. The first-order chi connectivity index (χ1) is 12.6. The molecule has 0 spiro atoms. The van der Waals surface area contributed by atoms with Crippen molar-refractivity contribution in [3.63, 3.8) is 0 Å². The largest absolute Gasteiger partial charge is 0.457 e. The van der Waals surface area contributed by atoms with Crippen LogP contribution >= 0.6 is 0 Å². The Balaban J connectivity index is 1.65. The molecule has 2 aromatic carbocycles. The van der Waals surface area contributed by atoms with Crippen LogP contribution in [0.5, 0.6) is 11.5 Å². The average Bonchev–Trinajstić information content (AvgIpc) is 2.67. The van der Waals surface area contributed by atoms with E-state index in [1.807, 2.05) is 36.4 Å². The lowest BCUT2D eigenvalue weighted by Crippen LogP contribution is -2.22. The molecule has 0 fully saturated rings. The fourth-order valence-electron chi connectivity index (χ4n) is 2.57. The molecular weight excluding hydrogens is 324 g/mol. The van der Waals surface area contributed by atoms with Crippen LogP contribution in [0.3, 0.4) is 0 Å². The van der Waals surface area contributed by atoms with Gasteiger partial charge >= 0.3 is 0 Å². The van der Waals surface area contributed by atoms with E-state index in [2.05, 4.69) is 36.3 Å². The fourth-order valence-corrected chi connectivity index (χ4v) is 2.57. The number of rotatable bonds is 6. The summed E-state index contributed by atoms with van der Waals surface area (Å²) in [6.07, 6.45) is 3.20. The summed E-state index contributed by atoms with van der Waals surface area (Å²) in [7, 11) is 0. The predicted octanol–water partition coefficient (Wildman–Crippen LogP) is 4.93. The van der Waals surface area contributed by atoms with Crippen LogP contribution < -0.4 is 10.1 Å². The summed E-state index contributed by atoms with van der Waals surface area (Å²) < 4.78 is 5.98. The van der Waals surface area contributed by atoms with Crippen LogP contribution in [0.15, 0.2) is 73.1 Å². The second-order valence-electron chi connectivity index (χ2n) is 6.40. The maximum Gasteiger partial charge on any atom is 0.253 e. The van der Waals surface area contributed by atoms with E-state index >= 15 is 0 Å². The third kappa shape index (κ3) is 4.70. The van der Waals surface area contributed by atoms with Crippen molar-refractivity contribution in [3.8, 4) is 11.5 Å². The first-order valence-electron chi connectivity index (χ1n) is 8.67. The van der Waals surface area contributed by atoms with Crippen LogP contribution in [0.25, 0.3) is 0 Å². The van der Waals surface area contributed by atoms with Gasteiger partial charge in [-0.3, -0.25) is 9.78 Å². The standard InChI is InChI=1S/C22H22N2O2/c1-16(2)18-7-4-10-21(13-18)26-20-9-3-6-17(12-20)14-24-22(25)19-8-5-11-23-15-19/h3-13,15-16H,14H2,1-2H3,(H,24,25). The van der Waals surface area contributed by atoms with Gasteiger partial charge in [0, 0.05) is 18.9 Å². The number of amides is 1. The molecule has 1 amide bonds. The lowest BCUT2D eigenvalue weighted by atomic mass is 10.0. The minimum atomic E-state index is -0.144. The van der Waals surface area contributed by atoms with Gasteiger partial charge in [-0.1, -0.05) is 38.1 Å². The van der Waals surface area contributed by atoms with Gasteiger partial charge in [0.05, 0.1) is 5.56 Å². The van der Waals surface area contributed by atoms with Gasteiger partial charge in [-0.25, -0.2) is 0 Å². The molecule has 26 heavy (non-hydrogen) atoms. The zero-order valence-electron chi connectivity index (χ0n) is 15.0. The third-order valence-corrected chi connectivity index (χ3v) is 4.04. The molecule has 0 aliphatic heterocycles. The van der Waals surface area contributed by atoms with Crippen LogP contribution in [-0.2, 0) is 6.54 Å². The van der Waals surface area contributed by atoms with Crippen LogP contribution in [0.1, 0.15) is 41.3 Å². The zero-order chi connectivity index (χ0) is 18.4. The normalized spacial score (nSPS) is 10.6. The lowest BCUT2D eigenvalue weighted by Gasteiger charge is -2.11. The van der Waals surface area contributed by atoms with Crippen LogP contribution in [0, 0.1) is 0 Å². The number of nitrogens with zero attached hydrogens (tertiary/aromatic N) is 1. The van der Waals surface area contributed by atoms with E-state index in [0.29, 0.717) is 18.0 Å². The van der Waals surface area contributed by atoms with E-state index in [1.165, 1.54) is 5.56 Å². The minimum absolute atomic E-state index is 0.144. The van der Waals surface area contributed by atoms with Crippen molar-refractivity contribution >= 4 is 5.91 Å². The van der Waals surface area contributed by atoms with E-state index in [1.54, 1.807) is 24.5 Å². The molecule has 0 bridgehead atoms. The van der Waals surface area contributed by atoms with Crippen molar-refractivity contribution in [1.82, 2.24) is 10.3 Å². The highest BCUT2D eigenvalue weighted by atomic mass is 16.5. The highest BCUT2D eigenvalue weighted by Gasteiger charge is 2.06. The first-order valence-corrected chi connectivity index (χ1v) is 8.67. The topological polar surface area (TPSA) is 51.2 Å². The molecule has 4 heteroatoms. The van der Waals surface area contributed by atoms with E-state index in [-0.39, 0.29) is 5.91 Å². The fraction of sp³-hybridized carbons (Fsp3) is 0.182. The Morgan fingerprint density at radius 2 is 1.81 bits per heavy atom. The molecule has 3 rings (SSSR count). The van der Waals surface area contributed by atoms with Gasteiger partial charge in [0.2, 0.25) is 0 Å². The van der Waals surface area contributed by atoms with Gasteiger partial charge in [-0.2, -0.15) is 0 Å². The predicted molar refractivity (Wildman–Crippen MR) is 102 cm³/mol. The summed E-state index contributed by atoms with van der Waals surface area (Å²) in [6, 6.07) is 19.3. The van der Waals surface area contributed by atoms with Crippen LogP contribution in [0.4, 0.5) is 0 Å². The van der Waals surface area contributed by atoms with Crippen LogP contribution in [0.2, 0.25) is 0 Å². The van der Waals surface area contributed by atoms with Gasteiger partial charge < -0.3 is 10.1 Å². The Kier molecular flexibility index (Phi) is 5.64. The monoisotopic (exact) mass is 346 g/mol. The molecule has 132 valence electrons. The molecule has 0 radical (unpaired) electrons. The molecule has 1 N–H and O–H groups in total. The molecule has 4 nitrogen and oxygen atoms in total. The van der Waals surface area contributed by atoms with E-state index in [0.717, 1.165) is 17.1 Å². The summed E-state index contributed by atoms with van der Waals surface area (Å²) in [5.74, 6) is 1.87. The Morgan fingerprint density at radius 3 is 2.54 bits per heavy atom. The SMILES string of the molecule is CC(C)c1cccc(Oc2cccc(CNC(=O)c3cccnc3)c2)c1. The van der Waals surface area contributed by atoms with Gasteiger partial charge in [0.15, 0.2) is 0 Å². The van der Waals surface area contributed by atoms with Crippen LogP contribution in [-0.4, -0.2) is 10.9 Å². The number of hydrogen-bond acceptors (Lipinski definition) is 3. The third-order valence-electron chi connectivity index (χ3n) is 4.04. The molecule has 0 saturated heterocycles. The minimum Gasteiger partial charge on any atom is -0.457 e. The highest BCUT2D eigenvalue weighted by molar-refractivity contribution is 5.93. The zero-order valence-corrected chi connectivity index (χ0v) is 15.0. The van der Waals surface area contributed by atoms with Gasteiger partial charge in [0.1, 0.15) is 11.5 Å². The van der Waals surface area contributed by atoms with Gasteiger partial charge in [0.25, 0.3) is 5.91 Å². The summed E-state index contributed by atoms with van der Waals surface area (Å²) in [5, 5.41) is 2.90. The maximum absolute atomic E-state index is 12.1. The smallest absolute Gasteiger partial charge is 0.253 e. The number of nitrogens with one attached hydrogen (secondary N) is 1. The van der Waals surface area contributed by atoms with Crippen molar-refractivity contribution in [2.45, 2.75) is 26.3 Å². The Labute approximate surface area is 153 Å². The second kappa shape index (κ2) is 8.30. The van der Waals surface area contributed by atoms with E-state index in [9.17, 15) is 4.79 Å². The molecule has 0 aliphatic carbocycles. The number of benzene rings is 2. The van der Waals surface area contributed by atoms with E-state index in [4.69, 9.17) is 4.74 Å². The summed E-state index contributed by atoms with van der Waals surface area (Å²) in [5.41, 5.74) is 2.76. The number of carbonyl (C=O) groups is 1. The average molecular weight is 346 g/mol. The first kappa shape index (κ1) is 17.7. The molecule has 0 aliphatic rings. The van der Waals surface area contributed by atoms with Crippen molar-refractivity contribution in [1.29, 1.82) is 0 Å². The molecule has 0 unspecified atom stereocenters. The van der Waals surface area contributed by atoms with E-state index < -0.39 is 0 Å². The lowest BCUT2D eigenvalue weighted by molar-refractivity contribution is 0.0950. The highest BCUT2D eigenvalue weighted by Crippen LogP contribution is 2.25. The van der Waals surface area contributed by atoms with Crippen molar-refractivity contribution in [2.24, 2.45) is 0 Å². The molecule has 1 aromatic heterocycles. The number of hydrogen-bond donors (Lipinski definition) is 1. The Bertz CT molecular complexity index is 876. The molecule has 3 aromatic rings. The van der Waals surface area contributed by atoms with Gasteiger partial charge in [-0.15, -0.1) is 0 Å². The number of carbonyl (C=O) groups excluding carboxylic acids is 1. The molecule has 1 heterocycles. The van der Waals surface area contributed by atoms with Crippen molar-refractivity contribution < 1.29 is 9.53 Å². The second-order valence-corrected chi connectivity index (χ2v) is 6.40. The number of aromatic nitrogens is 1. The molecule has 0 saturated carbocycles. The van der Waals surface area contributed by atoms with Crippen molar-refractivity contribution in [2.75, 3.05) is 0 Å². The number of pyridine rings is 1. The summed E-state index contributed by atoms with van der Waals surface area (Å²) in [6.45, 7) is 4.74. The molecule has 0 atom stereocenters. The quantitative estimate of drug-likeness (QED) is 0.689. The Morgan fingerprint density at radius 1 is 1.04 bits per heavy atom.